The summed E-state index contributed by atoms with van der Waals surface area (Å²) in [7, 11) is 0. The highest BCUT2D eigenvalue weighted by molar-refractivity contribution is 5.85. The highest BCUT2D eigenvalue weighted by atomic mass is 16.5. The molecular formula is C18H25NO2. The van der Waals surface area contributed by atoms with Crippen molar-refractivity contribution in [3.05, 3.63) is 48.0 Å². The molecule has 2 N–H and O–H groups in total. The summed E-state index contributed by atoms with van der Waals surface area (Å²) >= 11 is 0. The zero-order valence-corrected chi connectivity index (χ0v) is 12.9. The molecule has 0 fully saturated rings. The minimum absolute atomic E-state index is 0.390. The molecule has 0 saturated carbocycles. The van der Waals surface area contributed by atoms with Gasteiger partial charge in [0.15, 0.2) is 0 Å². The largest absolute Gasteiger partial charge is 0.389 e. The van der Waals surface area contributed by atoms with Crippen LogP contribution in [0.2, 0.25) is 0 Å². The molecular weight excluding hydrogens is 262 g/mol. The fraction of sp³-hybridized carbons (Fsp3) is 0.444. The van der Waals surface area contributed by atoms with E-state index in [0.29, 0.717) is 25.7 Å². The predicted octanol–water partition coefficient (Wildman–Crippen LogP) is 2.96. The Morgan fingerprint density at radius 1 is 1.05 bits per heavy atom. The third kappa shape index (κ3) is 5.12. The first-order valence-corrected chi connectivity index (χ1v) is 7.60. The van der Waals surface area contributed by atoms with Crippen molar-refractivity contribution < 1.29 is 9.84 Å². The summed E-state index contributed by atoms with van der Waals surface area (Å²) in [5.74, 6) is 0.501. The van der Waals surface area contributed by atoms with Crippen LogP contribution >= 0.6 is 0 Å². The Hall–Kier alpha value is -1.42. The number of nitrogens with one attached hydrogen (secondary N) is 1. The lowest BCUT2D eigenvalue weighted by atomic mass is 10.0. The molecule has 1 unspecified atom stereocenters. The lowest BCUT2D eigenvalue weighted by molar-refractivity contribution is 0.0260. The van der Waals surface area contributed by atoms with Gasteiger partial charge < -0.3 is 15.2 Å². The molecule has 2 rings (SSSR count). The molecule has 2 aromatic rings. The molecule has 21 heavy (non-hydrogen) atoms. The molecule has 0 spiro atoms. The number of aliphatic hydroxyl groups excluding tert-OH is 1. The second-order valence-corrected chi connectivity index (χ2v) is 5.85. The SMILES string of the molecule is CC(C)COCC(O)CNCc1cccc2ccccc12. The van der Waals surface area contributed by atoms with Gasteiger partial charge in [-0.2, -0.15) is 0 Å². The van der Waals surface area contributed by atoms with Crippen LogP contribution in [0.15, 0.2) is 42.5 Å². The van der Waals surface area contributed by atoms with Crippen molar-refractivity contribution in [2.45, 2.75) is 26.5 Å². The minimum Gasteiger partial charge on any atom is -0.389 e. The second kappa shape index (κ2) is 8.13. The number of rotatable bonds is 8. The fourth-order valence-electron chi connectivity index (χ4n) is 2.32. The van der Waals surface area contributed by atoms with Gasteiger partial charge in [0.2, 0.25) is 0 Å². The highest BCUT2D eigenvalue weighted by Gasteiger charge is 2.05. The topological polar surface area (TPSA) is 41.5 Å². The molecule has 0 aliphatic carbocycles. The molecule has 0 bridgehead atoms. The number of ether oxygens (including phenoxy) is 1. The monoisotopic (exact) mass is 287 g/mol. The summed E-state index contributed by atoms with van der Waals surface area (Å²) in [5.41, 5.74) is 1.25. The molecule has 0 aliphatic heterocycles. The molecule has 3 nitrogen and oxygen atoms in total. The zero-order valence-electron chi connectivity index (χ0n) is 12.9. The van der Waals surface area contributed by atoms with Gasteiger partial charge in [0, 0.05) is 19.7 Å². The van der Waals surface area contributed by atoms with Gasteiger partial charge in [-0.05, 0) is 22.3 Å². The first-order chi connectivity index (χ1) is 10.2. The van der Waals surface area contributed by atoms with E-state index in [2.05, 4.69) is 61.6 Å². The molecule has 2 aromatic carbocycles. The average molecular weight is 287 g/mol. The highest BCUT2D eigenvalue weighted by Crippen LogP contribution is 2.18. The summed E-state index contributed by atoms with van der Waals surface area (Å²) in [4.78, 5) is 0. The molecule has 0 amide bonds. The Labute approximate surface area is 126 Å². The lowest BCUT2D eigenvalue weighted by Crippen LogP contribution is -2.30. The van der Waals surface area contributed by atoms with Crippen LogP contribution in [0.1, 0.15) is 19.4 Å². The summed E-state index contributed by atoms with van der Waals surface area (Å²) in [6, 6.07) is 14.7. The van der Waals surface area contributed by atoms with Gasteiger partial charge in [0.25, 0.3) is 0 Å². The minimum atomic E-state index is -0.460. The maximum atomic E-state index is 9.87. The standard InChI is InChI=1S/C18H25NO2/c1-14(2)12-21-13-17(20)11-19-10-16-8-5-7-15-6-3-4-9-18(15)16/h3-9,14,17,19-20H,10-13H2,1-2H3. The number of benzene rings is 2. The smallest absolute Gasteiger partial charge is 0.0897 e. The molecule has 0 saturated heterocycles. The Balaban J connectivity index is 1.80. The van der Waals surface area contributed by atoms with Crippen LogP contribution in [-0.2, 0) is 11.3 Å². The van der Waals surface area contributed by atoms with E-state index >= 15 is 0 Å². The van der Waals surface area contributed by atoms with E-state index in [9.17, 15) is 5.11 Å². The third-order valence-corrected chi connectivity index (χ3v) is 3.34. The first-order valence-electron chi connectivity index (χ1n) is 7.60. The van der Waals surface area contributed by atoms with Gasteiger partial charge in [0.05, 0.1) is 12.7 Å². The molecule has 3 heteroatoms. The van der Waals surface area contributed by atoms with Crippen LogP contribution in [0, 0.1) is 5.92 Å². The average Bonchev–Trinajstić information content (AvgIpc) is 2.47. The number of hydrogen-bond acceptors (Lipinski definition) is 3. The summed E-state index contributed by atoms with van der Waals surface area (Å²) in [5, 5.41) is 15.7. The number of fused-ring (bicyclic) bond motifs is 1. The summed E-state index contributed by atoms with van der Waals surface area (Å²) in [6.45, 7) is 6.58. The van der Waals surface area contributed by atoms with E-state index < -0.39 is 6.10 Å². The van der Waals surface area contributed by atoms with Gasteiger partial charge >= 0.3 is 0 Å². The van der Waals surface area contributed by atoms with E-state index in [0.717, 1.165) is 6.54 Å². The van der Waals surface area contributed by atoms with E-state index in [4.69, 9.17) is 4.74 Å². The van der Waals surface area contributed by atoms with Crippen molar-refractivity contribution in [1.29, 1.82) is 0 Å². The maximum absolute atomic E-state index is 9.87. The van der Waals surface area contributed by atoms with Crippen LogP contribution in [0.25, 0.3) is 10.8 Å². The van der Waals surface area contributed by atoms with E-state index in [1.54, 1.807) is 0 Å². The van der Waals surface area contributed by atoms with Gasteiger partial charge in [-0.25, -0.2) is 0 Å². The van der Waals surface area contributed by atoms with Crippen LogP contribution < -0.4 is 5.32 Å². The maximum Gasteiger partial charge on any atom is 0.0897 e. The molecule has 1 atom stereocenters. The van der Waals surface area contributed by atoms with Gasteiger partial charge in [-0.1, -0.05) is 56.3 Å². The van der Waals surface area contributed by atoms with Gasteiger partial charge in [-0.15, -0.1) is 0 Å². The Kier molecular flexibility index (Phi) is 6.18. The molecule has 0 aliphatic rings. The van der Waals surface area contributed by atoms with Crippen molar-refractivity contribution in [2.24, 2.45) is 5.92 Å². The third-order valence-electron chi connectivity index (χ3n) is 3.34. The zero-order chi connectivity index (χ0) is 15.1. The molecule has 114 valence electrons. The first kappa shape index (κ1) is 16.0. The van der Waals surface area contributed by atoms with E-state index in [-0.39, 0.29) is 0 Å². The van der Waals surface area contributed by atoms with Crippen LogP contribution in [0.5, 0.6) is 0 Å². The van der Waals surface area contributed by atoms with E-state index in [1.807, 2.05) is 0 Å². The van der Waals surface area contributed by atoms with Crippen LogP contribution in [0.4, 0.5) is 0 Å². The summed E-state index contributed by atoms with van der Waals surface area (Å²) < 4.78 is 5.44. The second-order valence-electron chi connectivity index (χ2n) is 5.85. The van der Waals surface area contributed by atoms with Crippen LogP contribution in [-0.4, -0.2) is 31.0 Å². The summed E-state index contributed by atoms with van der Waals surface area (Å²) in [6.07, 6.45) is -0.460. The molecule has 0 aromatic heterocycles. The number of aliphatic hydroxyl groups is 1. The Morgan fingerprint density at radius 3 is 2.62 bits per heavy atom. The Morgan fingerprint density at radius 2 is 1.81 bits per heavy atom. The van der Waals surface area contributed by atoms with Gasteiger partial charge in [-0.3, -0.25) is 0 Å². The Bertz CT molecular complexity index is 548. The van der Waals surface area contributed by atoms with Crippen LogP contribution in [0.3, 0.4) is 0 Å². The van der Waals surface area contributed by atoms with Crippen molar-refractivity contribution in [2.75, 3.05) is 19.8 Å². The van der Waals surface area contributed by atoms with Crippen molar-refractivity contribution >= 4 is 10.8 Å². The lowest BCUT2D eigenvalue weighted by Gasteiger charge is -2.14. The molecule has 0 heterocycles. The number of hydrogen-bond donors (Lipinski definition) is 2. The van der Waals surface area contributed by atoms with E-state index in [1.165, 1.54) is 16.3 Å². The van der Waals surface area contributed by atoms with Crippen molar-refractivity contribution in [1.82, 2.24) is 5.32 Å². The normalized spacial score (nSPS) is 13.0. The fourth-order valence-corrected chi connectivity index (χ4v) is 2.32. The predicted molar refractivity (Wildman–Crippen MR) is 87.3 cm³/mol. The van der Waals surface area contributed by atoms with Crippen molar-refractivity contribution in [3.8, 4) is 0 Å². The van der Waals surface area contributed by atoms with Crippen molar-refractivity contribution in [3.63, 3.8) is 0 Å². The quantitative estimate of drug-likeness (QED) is 0.784. The van der Waals surface area contributed by atoms with Gasteiger partial charge in [0.1, 0.15) is 0 Å². The molecule has 0 radical (unpaired) electrons.